The van der Waals surface area contributed by atoms with Gasteiger partial charge in [-0.2, -0.15) is 0 Å². The van der Waals surface area contributed by atoms with Crippen LogP contribution in [0.4, 0.5) is 11.6 Å². The molecule has 3 fully saturated rings. The first kappa shape index (κ1) is 23.1. The Labute approximate surface area is 211 Å². The van der Waals surface area contributed by atoms with Crippen LogP contribution in [0.15, 0.2) is 48.7 Å². The van der Waals surface area contributed by atoms with Crippen LogP contribution >= 0.6 is 0 Å². The maximum atomic E-state index is 13.2. The third kappa shape index (κ3) is 4.85. The zero-order valence-corrected chi connectivity index (χ0v) is 20.6. The normalized spacial score (nSPS) is 21.3. The fraction of sp³-hybridized carbons (Fsp3) is 0.481. The predicted octanol–water partition coefficient (Wildman–Crippen LogP) is 2.29. The third-order valence-corrected chi connectivity index (χ3v) is 7.59. The number of fused-ring (bicyclic) bond motifs is 1. The molecule has 188 valence electrons. The number of amides is 1. The van der Waals surface area contributed by atoms with Gasteiger partial charge in [-0.05, 0) is 36.4 Å². The number of carbonyl (C=O) groups excluding carboxylic acids is 1. The smallest absolute Gasteiger partial charge is 0.273 e. The first-order valence-electron chi connectivity index (χ1n) is 13.1. The Kier molecular flexibility index (Phi) is 6.65. The van der Waals surface area contributed by atoms with Crippen LogP contribution in [0.2, 0.25) is 0 Å². The Morgan fingerprint density at radius 2 is 1.56 bits per heavy atom. The molecule has 0 radical (unpaired) electrons. The van der Waals surface area contributed by atoms with Crippen molar-refractivity contribution < 1.29 is 9.53 Å². The second-order valence-corrected chi connectivity index (χ2v) is 9.83. The van der Waals surface area contributed by atoms with Gasteiger partial charge < -0.3 is 19.4 Å². The molecular weight excluding hydrogens is 454 g/mol. The second-order valence-electron chi connectivity index (χ2n) is 9.83. The van der Waals surface area contributed by atoms with E-state index in [2.05, 4.69) is 42.0 Å². The molecule has 0 spiro atoms. The molecule has 3 aromatic rings. The number of aromatic nitrogens is 3. The van der Waals surface area contributed by atoms with E-state index >= 15 is 0 Å². The number of rotatable bonds is 5. The molecule has 36 heavy (non-hydrogen) atoms. The highest BCUT2D eigenvalue weighted by molar-refractivity contribution is 6.05. The summed E-state index contributed by atoms with van der Waals surface area (Å²) in [6, 6.07) is 14.0. The number of hydrogen-bond donors (Lipinski definition) is 0. The maximum absolute atomic E-state index is 13.2. The number of hydrogen-bond acceptors (Lipinski definition) is 8. The van der Waals surface area contributed by atoms with Gasteiger partial charge >= 0.3 is 0 Å². The molecule has 0 N–H and O–H groups in total. The maximum Gasteiger partial charge on any atom is 0.273 e. The SMILES string of the molecule is O=C(c1nccc2ccccc12)N1CCN(c2ccc(N3CCN(CC4CCCO4)CC3)nn2)CC1. The van der Waals surface area contributed by atoms with E-state index in [-0.39, 0.29) is 5.91 Å². The van der Waals surface area contributed by atoms with Crippen LogP contribution in [-0.2, 0) is 4.74 Å². The molecule has 6 rings (SSSR count). The Balaban J connectivity index is 1.02. The Bertz CT molecular complexity index is 1180. The zero-order valence-electron chi connectivity index (χ0n) is 20.6. The van der Waals surface area contributed by atoms with Crippen molar-refractivity contribution in [1.82, 2.24) is 25.0 Å². The van der Waals surface area contributed by atoms with Crippen molar-refractivity contribution in [2.45, 2.75) is 18.9 Å². The molecule has 1 unspecified atom stereocenters. The Morgan fingerprint density at radius 3 is 2.22 bits per heavy atom. The summed E-state index contributed by atoms with van der Waals surface area (Å²) in [4.78, 5) is 26.5. The van der Waals surface area contributed by atoms with Crippen molar-refractivity contribution >= 4 is 28.3 Å². The molecule has 5 heterocycles. The number of pyridine rings is 1. The lowest BCUT2D eigenvalue weighted by Crippen LogP contribution is -2.49. The van der Waals surface area contributed by atoms with Crippen LogP contribution < -0.4 is 9.80 Å². The fourth-order valence-electron chi connectivity index (χ4n) is 5.47. The van der Waals surface area contributed by atoms with E-state index < -0.39 is 0 Å². The predicted molar refractivity (Wildman–Crippen MR) is 140 cm³/mol. The van der Waals surface area contributed by atoms with E-state index in [1.165, 1.54) is 12.8 Å². The van der Waals surface area contributed by atoms with Crippen molar-refractivity contribution in [3.05, 3.63) is 54.4 Å². The number of nitrogens with zero attached hydrogens (tertiary/aromatic N) is 7. The van der Waals surface area contributed by atoms with Crippen LogP contribution in [0.5, 0.6) is 0 Å². The monoisotopic (exact) mass is 487 g/mol. The summed E-state index contributed by atoms with van der Waals surface area (Å²) in [5.74, 6) is 1.80. The van der Waals surface area contributed by atoms with Crippen molar-refractivity contribution in [3.8, 4) is 0 Å². The average molecular weight is 488 g/mol. The highest BCUT2D eigenvalue weighted by atomic mass is 16.5. The van der Waals surface area contributed by atoms with Gasteiger partial charge in [0, 0.05) is 77.1 Å². The minimum atomic E-state index is -0.00785. The largest absolute Gasteiger partial charge is 0.377 e. The third-order valence-electron chi connectivity index (χ3n) is 7.59. The molecule has 2 aromatic heterocycles. The Hall–Kier alpha value is -3.30. The summed E-state index contributed by atoms with van der Waals surface area (Å²) in [7, 11) is 0. The van der Waals surface area contributed by atoms with Crippen LogP contribution in [0.1, 0.15) is 23.3 Å². The first-order valence-corrected chi connectivity index (χ1v) is 13.1. The van der Waals surface area contributed by atoms with Crippen LogP contribution in [0.3, 0.4) is 0 Å². The molecule has 0 aliphatic carbocycles. The number of piperazine rings is 2. The lowest BCUT2D eigenvalue weighted by atomic mass is 10.1. The highest BCUT2D eigenvalue weighted by Gasteiger charge is 2.26. The van der Waals surface area contributed by atoms with Gasteiger partial charge in [-0.1, -0.05) is 24.3 Å². The molecule has 0 saturated carbocycles. The van der Waals surface area contributed by atoms with Gasteiger partial charge in [0.2, 0.25) is 0 Å². The molecule has 1 amide bonds. The topological polar surface area (TPSA) is 77.9 Å². The highest BCUT2D eigenvalue weighted by Crippen LogP contribution is 2.21. The van der Waals surface area contributed by atoms with E-state index in [4.69, 9.17) is 4.74 Å². The molecule has 1 aromatic carbocycles. The van der Waals surface area contributed by atoms with Crippen LogP contribution in [0, 0.1) is 0 Å². The van der Waals surface area contributed by atoms with E-state index in [1.54, 1.807) is 6.20 Å². The number of benzene rings is 1. The summed E-state index contributed by atoms with van der Waals surface area (Å²) in [6.07, 6.45) is 4.51. The average Bonchev–Trinajstić information content (AvgIpc) is 3.46. The molecule has 3 aliphatic rings. The van der Waals surface area contributed by atoms with Crippen LogP contribution in [0.25, 0.3) is 10.8 Å². The van der Waals surface area contributed by atoms with E-state index in [0.29, 0.717) is 24.9 Å². The van der Waals surface area contributed by atoms with Gasteiger partial charge in [0.25, 0.3) is 5.91 Å². The molecule has 9 nitrogen and oxygen atoms in total. The van der Waals surface area contributed by atoms with Gasteiger partial charge in [0.1, 0.15) is 5.69 Å². The molecule has 9 heteroatoms. The van der Waals surface area contributed by atoms with E-state index in [9.17, 15) is 4.79 Å². The van der Waals surface area contributed by atoms with Crippen molar-refractivity contribution in [2.75, 3.05) is 75.3 Å². The lowest BCUT2D eigenvalue weighted by molar-refractivity contribution is 0.0712. The molecular formula is C27H33N7O2. The second kappa shape index (κ2) is 10.4. The van der Waals surface area contributed by atoms with Crippen molar-refractivity contribution in [3.63, 3.8) is 0 Å². The fourth-order valence-corrected chi connectivity index (χ4v) is 5.47. The van der Waals surface area contributed by atoms with E-state index in [1.807, 2.05) is 35.2 Å². The van der Waals surface area contributed by atoms with Gasteiger partial charge in [0.15, 0.2) is 11.6 Å². The van der Waals surface area contributed by atoms with Gasteiger partial charge in [0.05, 0.1) is 6.10 Å². The molecule has 3 aliphatic heterocycles. The molecule has 0 bridgehead atoms. The van der Waals surface area contributed by atoms with Gasteiger partial charge in [-0.25, -0.2) is 0 Å². The van der Waals surface area contributed by atoms with E-state index in [0.717, 1.165) is 74.8 Å². The van der Waals surface area contributed by atoms with Gasteiger partial charge in [-0.15, -0.1) is 10.2 Å². The minimum Gasteiger partial charge on any atom is -0.377 e. The van der Waals surface area contributed by atoms with Crippen LogP contribution in [-0.4, -0.2) is 103 Å². The number of carbonyl (C=O) groups is 1. The standard InChI is InChI=1S/C27H33N7O2/c35-27(26-23-6-2-1-4-21(23)9-10-28-26)34-17-15-33(16-18-34)25-8-7-24(29-30-25)32-13-11-31(12-14-32)20-22-5-3-19-36-22/h1-2,4,6-10,22H,3,5,11-20H2. The van der Waals surface area contributed by atoms with Crippen molar-refractivity contribution in [2.24, 2.45) is 0 Å². The molecule has 3 saturated heterocycles. The summed E-state index contributed by atoms with van der Waals surface area (Å²) < 4.78 is 5.79. The summed E-state index contributed by atoms with van der Waals surface area (Å²) >= 11 is 0. The zero-order chi connectivity index (χ0) is 24.3. The van der Waals surface area contributed by atoms with Gasteiger partial charge in [-0.3, -0.25) is 14.7 Å². The quantitative estimate of drug-likeness (QED) is 0.543. The number of anilines is 2. The lowest BCUT2D eigenvalue weighted by Gasteiger charge is -2.37. The minimum absolute atomic E-state index is 0.00785. The first-order chi connectivity index (χ1) is 17.7. The Morgan fingerprint density at radius 1 is 0.861 bits per heavy atom. The summed E-state index contributed by atoms with van der Waals surface area (Å²) in [6.45, 7) is 8.69. The van der Waals surface area contributed by atoms with Crippen molar-refractivity contribution in [1.29, 1.82) is 0 Å². The molecule has 1 atom stereocenters. The number of ether oxygens (including phenoxy) is 1. The summed E-state index contributed by atoms with van der Waals surface area (Å²) in [5, 5.41) is 11.0. The summed E-state index contributed by atoms with van der Waals surface area (Å²) in [5.41, 5.74) is 0.529.